The normalized spacial score (nSPS) is 9.74. The average Bonchev–Trinajstić information content (AvgIpc) is 2.40. The van der Waals surface area contributed by atoms with Crippen LogP contribution in [-0.2, 0) is 9.59 Å². The zero-order valence-corrected chi connectivity index (χ0v) is 10.4. The van der Waals surface area contributed by atoms with Crippen LogP contribution in [0.1, 0.15) is 5.69 Å². The third-order valence-electron chi connectivity index (χ3n) is 2.37. The first-order valence-corrected chi connectivity index (χ1v) is 5.76. The molecule has 1 aromatic heterocycles. The van der Waals surface area contributed by atoms with Gasteiger partial charge in [-0.25, -0.2) is 4.98 Å². The van der Waals surface area contributed by atoms with E-state index in [0.29, 0.717) is 11.5 Å². The summed E-state index contributed by atoms with van der Waals surface area (Å²) < 4.78 is 0. The van der Waals surface area contributed by atoms with E-state index in [9.17, 15) is 9.59 Å². The van der Waals surface area contributed by atoms with E-state index < -0.39 is 11.8 Å². The number of carbonyl (C=O) groups is 2. The van der Waals surface area contributed by atoms with Gasteiger partial charge in [-0.3, -0.25) is 9.59 Å². The number of hydrogen-bond donors (Lipinski definition) is 2. The molecule has 19 heavy (non-hydrogen) atoms. The molecule has 5 nitrogen and oxygen atoms in total. The van der Waals surface area contributed by atoms with Crippen molar-refractivity contribution < 1.29 is 9.59 Å². The van der Waals surface area contributed by atoms with Gasteiger partial charge in [-0.2, -0.15) is 0 Å². The Bertz CT molecular complexity index is 597. The zero-order chi connectivity index (χ0) is 13.7. The molecule has 2 aromatic rings. The van der Waals surface area contributed by atoms with Gasteiger partial charge in [0.1, 0.15) is 5.82 Å². The quantitative estimate of drug-likeness (QED) is 0.806. The molecule has 0 unspecified atom stereocenters. The van der Waals surface area contributed by atoms with Gasteiger partial charge in [0, 0.05) is 11.4 Å². The highest BCUT2D eigenvalue weighted by molar-refractivity contribution is 6.43. The lowest BCUT2D eigenvalue weighted by Crippen LogP contribution is -2.29. The number of aryl methyl sites for hydroxylation is 1. The third-order valence-corrected chi connectivity index (χ3v) is 2.37. The highest BCUT2D eigenvalue weighted by atomic mass is 16.2. The Morgan fingerprint density at radius 2 is 1.58 bits per heavy atom. The second-order valence-corrected chi connectivity index (χ2v) is 3.94. The Morgan fingerprint density at radius 3 is 2.26 bits per heavy atom. The first kappa shape index (κ1) is 12.8. The van der Waals surface area contributed by atoms with Crippen LogP contribution >= 0.6 is 0 Å². The number of para-hydroxylation sites is 1. The predicted molar refractivity (Wildman–Crippen MR) is 72.7 cm³/mol. The fraction of sp³-hybridized carbons (Fsp3) is 0.0714. The molecule has 0 saturated carbocycles. The molecule has 1 aromatic carbocycles. The molecule has 2 amide bonds. The molecule has 1 heterocycles. The molecular weight excluding hydrogens is 242 g/mol. The van der Waals surface area contributed by atoms with Crippen LogP contribution in [0, 0.1) is 6.92 Å². The van der Waals surface area contributed by atoms with E-state index in [1.807, 2.05) is 6.07 Å². The number of pyridine rings is 1. The summed E-state index contributed by atoms with van der Waals surface area (Å²) >= 11 is 0. The van der Waals surface area contributed by atoms with E-state index in [1.54, 1.807) is 49.4 Å². The summed E-state index contributed by atoms with van der Waals surface area (Å²) in [5.74, 6) is -1.12. The lowest BCUT2D eigenvalue weighted by atomic mass is 10.3. The fourth-order valence-corrected chi connectivity index (χ4v) is 1.50. The van der Waals surface area contributed by atoms with Crippen molar-refractivity contribution >= 4 is 23.3 Å². The summed E-state index contributed by atoms with van der Waals surface area (Å²) in [6, 6.07) is 14.0. The molecule has 96 valence electrons. The summed E-state index contributed by atoms with van der Waals surface area (Å²) in [6.45, 7) is 1.81. The smallest absolute Gasteiger partial charge is 0.315 e. The summed E-state index contributed by atoms with van der Waals surface area (Å²) in [7, 11) is 0. The van der Waals surface area contributed by atoms with Crippen LogP contribution in [0.15, 0.2) is 48.5 Å². The molecule has 0 aliphatic carbocycles. The number of nitrogens with zero attached hydrogens (tertiary/aromatic N) is 1. The fourth-order valence-electron chi connectivity index (χ4n) is 1.50. The molecule has 0 aliphatic heterocycles. The number of amides is 2. The number of anilines is 2. The monoisotopic (exact) mass is 255 g/mol. The summed E-state index contributed by atoms with van der Waals surface area (Å²) in [5.41, 5.74) is 1.33. The standard InChI is InChI=1S/C14H13N3O2/c1-10-6-5-9-12(15-10)17-14(19)13(18)16-11-7-3-2-4-8-11/h2-9H,1H3,(H,16,18)(H,15,17,19). The Balaban J connectivity index is 1.98. The Kier molecular flexibility index (Phi) is 3.87. The topological polar surface area (TPSA) is 71.1 Å². The first-order chi connectivity index (χ1) is 9.15. The number of hydrogen-bond acceptors (Lipinski definition) is 3. The van der Waals surface area contributed by atoms with Crippen molar-refractivity contribution in [2.45, 2.75) is 6.92 Å². The lowest BCUT2D eigenvalue weighted by molar-refractivity contribution is -0.133. The number of nitrogens with one attached hydrogen (secondary N) is 2. The maximum Gasteiger partial charge on any atom is 0.315 e. The van der Waals surface area contributed by atoms with Gasteiger partial charge in [0.25, 0.3) is 0 Å². The lowest BCUT2D eigenvalue weighted by Gasteiger charge is -2.06. The van der Waals surface area contributed by atoms with Crippen molar-refractivity contribution in [3.63, 3.8) is 0 Å². The first-order valence-electron chi connectivity index (χ1n) is 5.76. The van der Waals surface area contributed by atoms with Gasteiger partial charge in [0.2, 0.25) is 0 Å². The molecule has 0 spiro atoms. The van der Waals surface area contributed by atoms with E-state index in [-0.39, 0.29) is 0 Å². The van der Waals surface area contributed by atoms with Crippen molar-refractivity contribution in [3.05, 3.63) is 54.2 Å². The maximum absolute atomic E-state index is 11.7. The van der Waals surface area contributed by atoms with Crippen LogP contribution in [0.5, 0.6) is 0 Å². The molecule has 0 atom stereocenters. The highest BCUT2D eigenvalue weighted by Crippen LogP contribution is 2.06. The van der Waals surface area contributed by atoms with Crippen LogP contribution in [0.2, 0.25) is 0 Å². The molecule has 0 radical (unpaired) electrons. The number of carbonyl (C=O) groups excluding carboxylic acids is 2. The van der Waals surface area contributed by atoms with Gasteiger partial charge in [-0.1, -0.05) is 24.3 Å². The van der Waals surface area contributed by atoms with E-state index in [0.717, 1.165) is 5.69 Å². The van der Waals surface area contributed by atoms with Crippen LogP contribution in [-0.4, -0.2) is 16.8 Å². The number of aromatic nitrogens is 1. The molecule has 0 aliphatic rings. The zero-order valence-electron chi connectivity index (χ0n) is 10.4. The van der Waals surface area contributed by atoms with E-state index in [1.165, 1.54) is 0 Å². The third kappa shape index (κ3) is 3.64. The molecule has 0 bridgehead atoms. The molecule has 2 N–H and O–H groups in total. The van der Waals surface area contributed by atoms with E-state index in [2.05, 4.69) is 15.6 Å². The Morgan fingerprint density at radius 1 is 0.895 bits per heavy atom. The van der Waals surface area contributed by atoms with Gasteiger partial charge < -0.3 is 10.6 Å². The second-order valence-electron chi connectivity index (χ2n) is 3.94. The van der Waals surface area contributed by atoms with Crippen LogP contribution in [0.4, 0.5) is 11.5 Å². The number of rotatable bonds is 2. The van der Waals surface area contributed by atoms with Crippen molar-refractivity contribution in [1.29, 1.82) is 0 Å². The Hall–Kier alpha value is -2.69. The predicted octanol–water partition coefficient (Wildman–Crippen LogP) is 1.97. The Labute approximate surface area is 110 Å². The van der Waals surface area contributed by atoms with Gasteiger partial charge in [-0.05, 0) is 31.2 Å². The van der Waals surface area contributed by atoms with Gasteiger partial charge >= 0.3 is 11.8 Å². The van der Waals surface area contributed by atoms with E-state index >= 15 is 0 Å². The van der Waals surface area contributed by atoms with Crippen LogP contribution in [0.25, 0.3) is 0 Å². The van der Waals surface area contributed by atoms with Crippen molar-refractivity contribution in [2.24, 2.45) is 0 Å². The van der Waals surface area contributed by atoms with Crippen LogP contribution < -0.4 is 10.6 Å². The average molecular weight is 255 g/mol. The van der Waals surface area contributed by atoms with Crippen LogP contribution in [0.3, 0.4) is 0 Å². The molecule has 0 saturated heterocycles. The summed E-state index contributed by atoms with van der Waals surface area (Å²) in [5, 5.41) is 4.94. The van der Waals surface area contributed by atoms with Crippen molar-refractivity contribution in [2.75, 3.05) is 10.6 Å². The minimum Gasteiger partial charge on any atom is -0.318 e. The van der Waals surface area contributed by atoms with Gasteiger partial charge in [0.15, 0.2) is 0 Å². The highest BCUT2D eigenvalue weighted by Gasteiger charge is 2.14. The van der Waals surface area contributed by atoms with Crippen molar-refractivity contribution in [1.82, 2.24) is 4.98 Å². The maximum atomic E-state index is 11.7. The van der Waals surface area contributed by atoms with E-state index in [4.69, 9.17) is 0 Å². The minimum atomic E-state index is -0.748. The number of benzene rings is 1. The SMILES string of the molecule is Cc1cccc(NC(=O)C(=O)Nc2ccccc2)n1. The second kappa shape index (κ2) is 5.77. The van der Waals surface area contributed by atoms with Gasteiger partial charge in [-0.15, -0.1) is 0 Å². The molecule has 2 rings (SSSR count). The van der Waals surface area contributed by atoms with Crippen molar-refractivity contribution in [3.8, 4) is 0 Å². The van der Waals surface area contributed by atoms with Gasteiger partial charge in [0.05, 0.1) is 0 Å². The summed E-state index contributed by atoms with van der Waals surface area (Å²) in [4.78, 5) is 27.4. The molecule has 5 heteroatoms. The minimum absolute atomic E-state index is 0.355. The molecule has 0 fully saturated rings. The molecular formula is C14H13N3O2. The summed E-state index contributed by atoms with van der Waals surface area (Å²) in [6.07, 6.45) is 0. The largest absolute Gasteiger partial charge is 0.318 e.